The number of benzene rings is 1. The zero-order chi connectivity index (χ0) is 13.9. The van der Waals surface area contributed by atoms with Gasteiger partial charge in [-0.3, -0.25) is 4.79 Å². The van der Waals surface area contributed by atoms with E-state index >= 15 is 0 Å². The Morgan fingerprint density at radius 2 is 2.06 bits per heavy atom. The minimum atomic E-state index is -1.24. The predicted octanol–water partition coefficient (Wildman–Crippen LogP) is 2.74. The summed E-state index contributed by atoms with van der Waals surface area (Å²) in [6, 6.07) is 5.33. The van der Waals surface area contributed by atoms with E-state index < -0.39 is 11.5 Å². The molecule has 4 nitrogen and oxygen atoms in total. The predicted molar refractivity (Wildman–Crippen MR) is 72.7 cm³/mol. The van der Waals surface area contributed by atoms with E-state index in [1.807, 2.05) is 19.1 Å². The van der Waals surface area contributed by atoms with Crippen LogP contribution in [0.3, 0.4) is 0 Å². The smallest absolute Gasteiger partial charge is 0.329 e. The highest BCUT2D eigenvalue weighted by Crippen LogP contribution is 2.18. The van der Waals surface area contributed by atoms with E-state index in [0.29, 0.717) is 12.0 Å². The topological polar surface area (TPSA) is 66.4 Å². The molecule has 1 aromatic carbocycles. The van der Waals surface area contributed by atoms with E-state index in [0.717, 1.165) is 10.0 Å². The van der Waals surface area contributed by atoms with Crippen molar-refractivity contribution >= 4 is 27.8 Å². The Morgan fingerprint density at radius 3 is 2.56 bits per heavy atom. The lowest BCUT2D eigenvalue weighted by Gasteiger charge is -2.25. The molecule has 5 heteroatoms. The molecule has 0 aliphatic rings. The van der Waals surface area contributed by atoms with Gasteiger partial charge in [-0.25, -0.2) is 4.79 Å². The summed E-state index contributed by atoms with van der Waals surface area (Å²) in [7, 11) is 0. The largest absolute Gasteiger partial charge is 0.480 e. The first-order chi connectivity index (χ1) is 8.30. The van der Waals surface area contributed by atoms with Gasteiger partial charge in [-0.05, 0) is 38.0 Å². The molecule has 1 aromatic rings. The van der Waals surface area contributed by atoms with Crippen molar-refractivity contribution in [2.24, 2.45) is 0 Å². The maximum absolute atomic E-state index is 12.1. The second kappa shape index (κ2) is 5.52. The van der Waals surface area contributed by atoms with Crippen molar-refractivity contribution in [2.45, 2.75) is 32.7 Å². The number of carboxylic acids is 1. The molecular weight excluding hydrogens is 298 g/mol. The number of aliphatic carboxylic acids is 1. The summed E-state index contributed by atoms with van der Waals surface area (Å²) in [4.78, 5) is 23.2. The van der Waals surface area contributed by atoms with Gasteiger partial charge in [-0.2, -0.15) is 0 Å². The van der Waals surface area contributed by atoms with Gasteiger partial charge in [0, 0.05) is 10.0 Å². The SMILES string of the molecule is CCC(C)(NC(=O)c1cc(Br)ccc1C)C(=O)O. The first kappa shape index (κ1) is 14.7. The molecule has 0 fully saturated rings. The van der Waals surface area contributed by atoms with Crippen LogP contribution < -0.4 is 5.32 Å². The van der Waals surface area contributed by atoms with Gasteiger partial charge in [0.2, 0.25) is 0 Å². The van der Waals surface area contributed by atoms with Crippen molar-refractivity contribution < 1.29 is 14.7 Å². The van der Waals surface area contributed by atoms with Gasteiger partial charge < -0.3 is 10.4 Å². The lowest BCUT2D eigenvalue weighted by atomic mass is 9.98. The van der Waals surface area contributed by atoms with Gasteiger partial charge in [-0.15, -0.1) is 0 Å². The second-order valence-electron chi connectivity index (χ2n) is 4.40. The van der Waals surface area contributed by atoms with E-state index in [4.69, 9.17) is 5.11 Å². The molecular formula is C13H16BrNO3. The Kier molecular flexibility index (Phi) is 4.51. The van der Waals surface area contributed by atoms with Crippen LogP contribution in [-0.2, 0) is 4.79 Å². The lowest BCUT2D eigenvalue weighted by molar-refractivity contribution is -0.143. The van der Waals surface area contributed by atoms with Crippen molar-refractivity contribution in [1.82, 2.24) is 5.32 Å². The third-order valence-corrected chi connectivity index (χ3v) is 3.51. The summed E-state index contributed by atoms with van der Waals surface area (Å²) < 4.78 is 0.784. The van der Waals surface area contributed by atoms with E-state index in [1.165, 1.54) is 6.92 Å². The minimum Gasteiger partial charge on any atom is -0.480 e. The van der Waals surface area contributed by atoms with Crippen molar-refractivity contribution in [2.75, 3.05) is 0 Å². The third kappa shape index (κ3) is 3.10. The molecule has 0 radical (unpaired) electrons. The minimum absolute atomic E-state index is 0.321. The van der Waals surface area contributed by atoms with Crippen LogP contribution in [-0.4, -0.2) is 22.5 Å². The molecule has 18 heavy (non-hydrogen) atoms. The number of hydrogen-bond donors (Lipinski definition) is 2. The van der Waals surface area contributed by atoms with Gasteiger partial charge >= 0.3 is 5.97 Å². The number of carbonyl (C=O) groups is 2. The van der Waals surface area contributed by atoms with Crippen molar-refractivity contribution in [3.05, 3.63) is 33.8 Å². The van der Waals surface area contributed by atoms with Gasteiger partial charge in [-0.1, -0.05) is 28.9 Å². The number of amides is 1. The molecule has 0 saturated heterocycles. The van der Waals surface area contributed by atoms with Crippen LogP contribution in [0.15, 0.2) is 22.7 Å². The second-order valence-corrected chi connectivity index (χ2v) is 5.32. The molecule has 0 spiro atoms. The fourth-order valence-corrected chi connectivity index (χ4v) is 1.81. The van der Waals surface area contributed by atoms with Crippen LogP contribution in [0.2, 0.25) is 0 Å². The molecule has 2 N–H and O–H groups in total. The van der Waals surface area contributed by atoms with Gasteiger partial charge in [0.1, 0.15) is 5.54 Å². The van der Waals surface area contributed by atoms with Crippen molar-refractivity contribution in [1.29, 1.82) is 0 Å². The Hall–Kier alpha value is -1.36. The fourth-order valence-electron chi connectivity index (χ4n) is 1.45. The van der Waals surface area contributed by atoms with Gasteiger partial charge in [0.25, 0.3) is 5.91 Å². The molecule has 0 aliphatic carbocycles. The molecule has 1 unspecified atom stereocenters. The first-order valence-electron chi connectivity index (χ1n) is 5.62. The quantitative estimate of drug-likeness (QED) is 0.898. The first-order valence-corrected chi connectivity index (χ1v) is 6.41. The molecule has 0 saturated carbocycles. The zero-order valence-electron chi connectivity index (χ0n) is 10.6. The molecule has 1 rings (SSSR count). The Bertz CT molecular complexity index is 487. The van der Waals surface area contributed by atoms with E-state index in [9.17, 15) is 9.59 Å². The normalized spacial score (nSPS) is 13.8. The van der Waals surface area contributed by atoms with E-state index in [1.54, 1.807) is 13.0 Å². The Labute approximate surface area is 115 Å². The summed E-state index contributed by atoms with van der Waals surface area (Å²) >= 11 is 3.29. The summed E-state index contributed by atoms with van der Waals surface area (Å²) in [5.41, 5.74) is 0.0381. The molecule has 0 bridgehead atoms. The Balaban J connectivity index is 3.02. The molecule has 0 aliphatic heterocycles. The third-order valence-electron chi connectivity index (χ3n) is 3.01. The number of carbonyl (C=O) groups excluding carboxylic acids is 1. The number of rotatable bonds is 4. The number of hydrogen-bond acceptors (Lipinski definition) is 2. The highest BCUT2D eigenvalue weighted by atomic mass is 79.9. The van der Waals surface area contributed by atoms with Crippen molar-refractivity contribution in [3.63, 3.8) is 0 Å². The number of carboxylic acid groups (broad SMARTS) is 1. The summed E-state index contributed by atoms with van der Waals surface area (Å²) in [5.74, 6) is -1.41. The maximum atomic E-state index is 12.1. The molecule has 1 atom stereocenters. The highest BCUT2D eigenvalue weighted by Gasteiger charge is 2.33. The number of halogens is 1. The molecule has 0 heterocycles. The average Bonchev–Trinajstić information content (AvgIpc) is 2.31. The summed E-state index contributed by atoms with van der Waals surface area (Å²) in [6.45, 7) is 5.04. The highest BCUT2D eigenvalue weighted by molar-refractivity contribution is 9.10. The van der Waals surface area contributed by atoms with Gasteiger partial charge in [0.05, 0.1) is 0 Å². The molecule has 98 valence electrons. The Morgan fingerprint density at radius 1 is 1.44 bits per heavy atom. The zero-order valence-corrected chi connectivity index (χ0v) is 12.2. The number of aryl methyl sites for hydroxylation is 1. The monoisotopic (exact) mass is 313 g/mol. The van der Waals surface area contributed by atoms with E-state index in [-0.39, 0.29) is 5.91 Å². The summed E-state index contributed by atoms with van der Waals surface area (Å²) in [5, 5.41) is 11.7. The van der Waals surface area contributed by atoms with Gasteiger partial charge in [0.15, 0.2) is 0 Å². The van der Waals surface area contributed by atoms with Crippen LogP contribution in [0.5, 0.6) is 0 Å². The lowest BCUT2D eigenvalue weighted by Crippen LogP contribution is -2.51. The van der Waals surface area contributed by atoms with Crippen LogP contribution in [0.4, 0.5) is 0 Å². The molecule has 1 amide bonds. The average molecular weight is 314 g/mol. The maximum Gasteiger partial charge on any atom is 0.329 e. The van der Waals surface area contributed by atoms with Crippen molar-refractivity contribution in [3.8, 4) is 0 Å². The number of nitrogens with one attached hydrogen (secondary N) is 1. The van der Waals surface area contributed by atoms with Crippen LogP contribution in [0.1, 0.15) is 36.2 Å². The fraction of sp³-hybridized carbons (Fsp3) is 0.385. The standard InChI is InChI=1S/C13H16BrNO3/c1-4-13(3,12(17)18)15-11(16)10-7-9(14)6-5-8(10)2/h5-7H,4H2,1-3H3,(H,15,16)(H,17,18). The molecule has 0 aromatic heterocycles. The van der Waals surface area contributed by atoms with Crippen LogP contribution in [0.25, 0.3) is 0 Å². The van der Waals surface area contributed by atoms with E-state index in [2.05, 4.69) is 21.2 Å². The summed E-state index contributed by atoms with van der Waals surface area (Å²) in [6.07, 6.45) is 0.321. The van der Waals surface area contributed by atoms with Crippen LogP contribution in [0, 0.1) is 6.92 Å². The van der Waals surface area contributed by atoms with Crippen LogP contribution >= 0.6 is 15.9 Å².